The van der Waals surface area contributed by atoms with Gasteiger partial charge in [0.1, 0.15) is 6.10 Å². The van der Waals surface area contributed by atoms with Crippen molar-refractivity contribution in [2.75, 3.05) is 51.8 Å². The van der Waals surface area contributed by atoms with Gasteiger partial charge in [-0.3, -0.25) is 0 Å². The molecule has 0 bridgehead atoms. The van der Waals surface area contributed by atoms with E-state index in [4.69, 9.17) is 9.47 Å². The summed E-state index contributed by atoms with van der Waals surface area (Å²) >= 11 is 0. The summed E-state index contributed by atoms with van der Waals surface area (Å²) in [5.41, 5.74) is 2.08. The third kappa shape index (κ3) is 5.53. The molecular formula is C32H40N4O4. The first-order valence-corrected chi connectivity index (χ1v) is 14.5. The number of carbonyl (C=O) groups is 2. The molecule has 40 heavy (non-hydrogen) atoms. The summed E-state index contributed by atoms with van der Waals surface area (Å²) < 4.78 is 10.6. The molecule has 1 aliphatic carbocycles. The van der Waals surface area contributed by atoms with E-state index in [9.17, 15) is 14.9 Å². The molecule has 3 atom stereocenters. The number of piperidine rings is 1. The van der Waals surface area contributed by atoms with Crippen LogP contribution in [0, 0.1) is 29.1 Å². The summed E-state index contributed by atoms with van der Waals surface area (Å²) in [4.78, 5) is 28.7. The number of alkyl carbamates (subject to hydrolysis) is 1. The number of nitrogens with one attached hydrogen (secondary N) is 1. The van der Waals surface area contributed by atoms with Crippen LogP contribution in [0.2, 0.25) is 0 Å². The fourth-order valence-corrected chi connectivity index (χ4v) is 7.25. The number of nitriles is 1. The molecule has 1 amide bonds. The minimum atomic E-state index is -0.674. The Morgan fingerprint density at radius 1 is 1.02 bits per heavy atom. The second-order valence-electron chi connectivity index (χ2n) is 11.5. The number of nitrogens with zero attached hydrogens (tertiary/aromatic N) is 3. The molecule has 0 aromatic heterocycles. The van der Waals surface area contributed by atoms with Crippen LogP contribution in [0.15, 0.2) is 54.6 Å². The third-order valence-corrected chi connectivity index (χ3v) is 9.30. The van der Waals surface area contributed by atoms with Crippen LogP contribution >= 0.6 is 0 Å². The summed E-state index contributed by atoms with van der Waals surface area (Å²) in [6, 6.07) is 20.7. The van der Waals surface area contributed by atoms with E-state index in [1.54, 1.807) is 7.05 Å². The number of esters is 1. The van der Waals surface area contributed by atoms with Crippen molar-refractivity contribution in [1.29, 1.82) is 5.26 Å². The van der Waals surface area contributed by atoms with E-state index in [1.807, 2.05) is 42.5 Å². The van der Waals surface area contributed by atoms with Crippen molar-refractivity contribution in [3.63, 3.8) is 0 Å². The van der Waals surface area contributed by atoms with Gasteiger partial charge in [-0.2, -0.15) is 5.26 Å². The number of anilines is 1. The Morgan fingerprint density at radius 2 is 1.73 bits per heavy atom. The highest BCUT2D eigenvalue weighted by molar-refractivity contribution is 5.89. The van der Waals surface area contributed by atoms with Gasteiger partial charge in [-0.1, -0.05) is 30.3 Å². The molecule has 8 heteroatoms. The van der Waals surface area contributed by atoms with E-state index >= 15 is 0 Å². The minimum absolute atomic E-state index is 0.0143. The highest BCUT2D eigenvalue weighted by atomic mass is 16.6. The Labute approximate surface area is 237 Å². The third-order valence-electron chi connectivity index (χ3n) is 9.30. The summed E-state index contributed by atoms with van der Waals surface area (Å²) in [6.45, 7) is 5.01. The topological polar surface area (TPSA) is 94.9 Å². The smallest absolute Gasteiger partial charge is 0.407 e. The monoisotopic (exact) mass is 544 g/mol. The average molecular weight is 545 g/mol. The predicted molar refractivity (Wildman–Crippen MR) is 153 cm³/mol. The van der Waals surface area contributed by atoms with Crippen LogP contribution in [0.25, 0.3) is 0 Å². The fourth-order valence-electron chi connectivity index (χ4n) is 7.25. The lowest BCUT2D eigenvalue weighted by atomic mass is 9.59. The van der Waals surface area contributed by atoms with Gasteiger partial charge in [-0.15, -0.1) is 0 Å². The van der Waals surface area contributed by atoms with Crippen molar-refractivity contribution in [3.05, 3.63) is 65.7 Å². The number of rotatable bonds is 8. The molecule has 2 heterocycles. The van der Waals surface area contributed by atoms with Crippen molar-refractivity contribution < 1.29 is 19.1 Å². The predicted octanol–water partition coefficient (Wildman–Crippen LogP) is 4.61. The van der Waals surface area contributed by atoms with Gasteiger partial charge < -0.3 is 24.6 Å². The number of methoxy groups -OCH3 is 1. The molecule has 5 rings (SSSR count). The van der Waals surface area contributed by atoms with Crippen LogP contribution in [0.5, 0.6) is 0 Å². The molecule has 3 aliphatic rings. The van der Waals surface area contributed by atoms with E-state index in [2.05, 4.69) is 33.3 Å². The molecule has 1 saturated carbocycles. The molecule has 1 unspecified atom stereocenters. The van der Waals surface area contributed by atoms with E-state index in [0.717, 1.165) is 76.1 Å². The Morgan fingerprint density at radius 3 is 2.35 bits per heavy atom. The largest absolute Gasteiger partial charge is 0.465 e. The van der Waals surface area contributed by atoms with Gasteiger partial charge in [0.25, 0.3) is 0 Å². The van der Waals surface area contributed by atoms with Gasteiger partial charge in [0.2, 0.25) is 0 Å². The summed E-state index contributed by atoms with van der Waals surface area (Å²) in [5.74, 6) is 0.485. The molecule has 1 N–H and O–H groups in total. The van der Waals surface area contributed by atoms with Crippen LogP contribution in [0.3, 0.4) is 0 Å². The molecule has 2 aromatic rings. The van der Waals surface area contributed by atoms with Crippen molar-refractivity contribution in [2.45, 2.75) is 43.6 Å². The molecule has 0 radical (unpaired) electrons. The number of amides is 1. The fraction of sp³-hybridized carbons (Fsp3) is 0.531. The molecule has 8 nitrogen and oxygen atoms in total. The first-order valence-electron chi connectivity index (χ1n) is 14.5. The van der Waals surface area contributed by atoms with E-state index < -0.39 is 11.5 Å². The number of hydrogen-bond donors (Lipinski definition) is 1. The zero-order valence-corrected chi connectivity index (χ0v) is 23.6. The van der Waals surface area contributed by atoms with Crippen LogP contribution in [-0.4, -0.2) is 69.9 Å². The lowest BCUT2D eigenvalue weighted by Crippen LogP contribution is -2.54. The van der Waals surface area contributed by atoms with E-state index in [0.29, 0.717) is 11.5 Å². The van der Waals surface area contributed by atoms with Crippen LogP contribution in [0.4, 0.5) is 10.5 Å². The molecule has 0 spiro atoms. The van der Waals surface area contributed by atoms with Crippen molar-refractivity contribution in [3.8, 4) is 6.07 Å². The average Bonchev–Trinajstić information content (AvgIpc) is 3.44. The molecular weight excluding hydrogens is 504 g/mol. The van der Waals surface area contributed by atoms with Crippen molar-refractivity contribution >= 4 is 17.7 Å². The normalized spacial score (nSPS) is 23.5. The maximum absolute atomic E-state index is 12.1. The van der Waals surface area contributed by atoms with Crippen LogP contribution < -0.4 is 10.2 Å². The number of carbonyl (C=O) groups excluding carboxylic acids is 2. The second-order valence-corrected chi connectivity index (χ2v) is 11.5. The summed E-state index contributed by atoms with van der Waals surface area (Å²) in [6.07, 6.45) is 3.90. The van der Waals surface area contributed by atoms with E-state index in [-0.39, 0.29) is 23.9 Å². The Hall–Kier alpha value is -3.57. The minimum Gasteiger partial charge on any atom is -0.465 e. The van der Waals surface area contributed by atoms with Gasteiger partial charge in [0, 0.05) is 44.2 Å². The maximum atomic E-state index is 12.1. The van der Waals surface area contributed by atoms with Gasteiger partial charge in [-0.05, 0) is 80.9 Å². The highest BCUT2D eigenvalue weighted by Crippen LogP contribution is 2.51. The molecule has 2 aromatic carbocycles. The van der Waals surface area contributed by atoms with Crippen molar-refractivity contribution in [1.82, 2.24) is 10.2 Å². The van der Waals surface area contributed by atoms with Gasteiger partial charge in [-0.25, -0.2) is 9.59 Å². The Balaban J connectivity index is 1.21. The summed E-state index contributed by atoms with van der Waals surface area (Å²) in [5, 5.41) is 13.4. The second kappa shape index (κ2) is 12.3. The standard InChI is InChI=1S/C32H40N4O4/c1-34-31(38)40-29-10-6-9-28(29)32(22-33,25-7-4-3-5-8-25)26-15-17-35(18-16-26)19-23-20-36(21-23)27-13-11-24(12-14-27)30(37)39-2/h3-5,7-8,11-14,23,26,28-29H,6,9-10,15-21H2,1-2H3,(H,34,38)/t28-,29-,32?/m1/s1. The lowest BCUT2D eigenvalue weighted by molar-refractivity contribution is 0.0306. The lowest BCUT2D eigenvalue weighted by Gasteiger charge is -2.47. The van der Waals surface area contributed by atoms with Crippen LogP contribution in [0.1, 0.15) is 48.0 Å². The van der Waals surface area contributed by atoms with Gasteiger partial charge in [0.15, 0.2) is 0 Å². The highest BCUT2D eigenvalue weighted by Gasteiger charge is 2.53. The quantitative estimate of drug-likeness (QED) is 0.485. The first-order chi connectivity index (χ1) is 19.5. The van der Waals surface area contributed by atoms with Crippen LogP contribution in [-0.2, 0) is 14.9 Å². The number of benzene rings is 2. The number of hydrogen-bond acceptors (Lipinski definition) is 7. The van der Waals surface area contributed by atoms with Gasteiger partial charge >= 0.3 is 12.1 Å². The SMILES string of the molecule is CNC(=O)O[C@@H]1CCC[C@H]1C(C#N)(c1ccccc1)C1CCN(CC2CN(c3ccc(C(=O)OC)cc3)C2)CC1. The zero-order chi connectivity index (χ0) is 28.1. The Bertz CT molecular complexity index is 1200. The maximum Gasteiger partial charge on any atom is 0.407 e. The first kappa shape index (κ1) is 28.0. The van der Waals surface area contributed by atoms with Crippen molar-refractivity contribution in [2.24, 2.45) is 17.8 Å². The molecule has 212 valence electrons. The molecule has 2 aliphatic heterocycles. The molecule has 2 saturated heterocycles. The summed E-state index contributed by atoms with van der Waals surface area (Å²) in [7, 11) is 2.98. The number of ether oxygens (including phenoxy) is 2. The zero-order valence-electron chi connectivity index (χ0n) is 23.6. The van der Waals surface area contributed by atoms with E-state index in [1.165, 1.54) is 7.11 Å². The van der Waals surface area contributed by atoms with Gasteiger partial charge in [0.05, 0.1) is 24.2 Å². The molecule has 3 fully saturated rings. The Kier molecular flexibility index (Phi) is 8.60. The number of likely N-dealkylation sites (tertiary alicyclic amines) is 1.